The van der Waals surface area contributed by atoms with Gasteiger partial charge in [0.05, 0.1) is 30.4 Å². The second-order valence-electron chi connectivity index (χ2n) is 8.82. The van der Waals surface area contributed by atoms with E-state index in [1.807, 2.05) is 20.8 Å². The molecule has 164 valence electrons. The number of para-hydroxylation sites is 1. The SMILES string of the molecule is COc1cnc2cccc([C@H](O)[C@@H](O)C3CCC(NC(=O)OC(C)(C)C)CC3)c2n1. The van der Waals surface area contributed by atoms with Crippen molar-refractivity contribution in [2.75, 3.05) is 7.11 Å². The summed E-state index contributed by atoms with van der Waals surface area (Å²) in [5.41, 5.74) is 1.14. The van der Waals surface area contributed by atoms with Crippen LogP contribution in [-0.2, 0) is 4.74 Å². The first kappa shape index (κ1) is 22.2. The van der Waals surface area contributed by atoms with Crippen molar-refractivity contribution in [1.29, 1.82) is 0 Å². The van der Waals surface area contributed by atoms with Crippen molar-refractivity contribution in [3.05, 3.63) is 30.0 Å². The molecule has 1 heterocycles. The Morgan fingerprint density at radius 2 is 1.90 bits per heavy atom. The maximum atomic E-state index is 12.0. The third kappa shape index (κ3) is 5.37. The number of amides is 1. The lowest BCUT2D eigenvalue weighted by atomic mass is 9.80. The number of carbonyl (C=O) groups is 1. The van der Waals surface area contributed by atoms with Gasteiger partial charge >= 0.3 is 6.09 Å². The fraction of sp³-hybridized carbons (Fsp3) is 0.591. The highest BCUT2D eigenvalue weighted by molar-refractivity contribution is 5.78. The molecule has 1 fully saturated rings. The largest absolute Gasteiger partial charge is 0.480 e. The summed E-state index contributed by atoms with van der Waals surface area (Å²) < 4.78 is 10.5. The fourth-order valence-corrected chi connectivity index (χ4v) is 3.90. The van der Waals surface area contributed by atoms with Gasteiger partial charge in [-0.25, -0.2) is 14.8 Å². The number of aliphatic hydroxyl groups is 2. The molecule has 1 amide bonds. The molecule has 1 aliphatic carbocycles. The van der Waals surface area contributed by atoms with Gasteiger partial charge in [-0.15, -0.1) is 0 Å². The van der Waals surface area contributed by atoms with Gasteiger partial charge in [-0.1, -0.05) is 12.1 Å². The quantitative estimate of drug-likeness (QED) is 0.685. The molecular weight excluding hydrogens is 386 g/mol. The lowest BCUT2D eigenvalue weighted by Gasteiger charge is -2.34. The smallest absolute Gasteiger partial charge is 0.407 e. The summed E-state index contributed by atoms with van der Waals surface area (Å²) in [6.45, 7) is 5.48. The Balaban J connectivity index is 1.63. The molecule has 0 aliphatic heterocycles. The molecular formula is C22H31N3O5. The zero-order valence-corrected chi connectivity index (χ0v) is 18.0. The Hall–Kier alpha value is -2.45. The Morgan fingerprint density at radius 1 is 1.20 bits per heavy atom. The number of carbonyl (C=O) groups excluding carboxylic acids is 1. The van der Waals surface area contributed by atoms with Crippen molar-refractivity contribution >= 4 is 17.1 Å². The van der Waals surface area contributed by atoms with Crippen LogP contribution in [0.3, 0.4) is 0 Å². The number of ether oxygens (including phenoxy) is 2. The maximum Gasteiger partial charge on any atom is 0.407 e. The molecule has 1 saturated carbocycles. The van der Waals surface area contributed by atoms with Gasteiger partial charge < -0.3 is 25.0 Å². The first-order valence-corrected chi connectivity index (χ1v) is 10.3. The van der Waals surface area contributed by atoms with Crippen LogP contribution in [-0.4, -0.2) is 51.1 Å². The van der Waals surface area contributed by atoms with Crippen LogP contribution in [0.5, 0.6) is 5.88 Å². The first-order chi connectivity index (χ1) is 14.2. The average Bonchev–Trinajstić information content (AvgIpc) is 2.71. The van der Waals surface area contributed by atoms with E-state index < -0.39 is 23.9 Å². The highest BCUT2D eigenvalue weighted by Crippen LogP contribution is 2.34. The molecule has 1 aliphatic rings. The predicted octanol–water partition coefficient (Wildman–Crippen LogP) is 3.12. The van der Waals surface area contributed by atoms with Crippen LogP contribution < -0.4 is 10.1 Å². The summed E-state index contributed by atoms with van der Waals surface area (Å²) in [5, 5.41) is 24.7. The van der Waals surface area contributed by atoms with Crippen molar-refractivity contribution in [2.45, 2.75) is 70.3 Å². The number of fused-ring (bicyclic) bond motifs is 1. The summed E-state index contributed by atoms with van der Waals surface area (Å²) in [7, 11) is 1.51. The number of nitrogens with zero attached hydrogens (tertiary/aromatic N) is 2. The van der Waals surface area contributed by atoms with E-state index >= 15 is 0 Å². The minimum absolute atomic E-state index is 0.00752. The van der Waals surface area contributed by atoms with Gasteiger partial charge in [0.2, 0.25) is 5.88 Å². The molecule has 0 saturated heterocycles. The Kier molecular flexibility index (Phi) is 6.77. The number of benzene rings is 1. The van der Waals surface area contributed by atoms with Gasteiger partial charge in [0.1, 0.15) is 11.7 Å². The number of hydrogen-bond acceptors (Lipinski definition) is 7. The van der Waals surface area contributed by atoms with E-state index in [0.29, 0.717) is 35.3 Å². The van der Waals surface area contributed by atoms with Crippen molar-refractivity contribution in [3.63, 3.8) is 0 Å². The number of methoxy groups -OCH3 is 1. The van der Waals surface area contributed by atoms with Gasteiger partial charge in [0.15, 0.2) is 0 Å². The maximum absolute atomic E-state index is 12.0. The Labute approximate surface area is 176 Å². The van der Waals surface area contributed by atoms with Crippen molar-refractivity contribution in [3.8, 4) is 5.88 Å². The van der Waals surface area contributed by atoms with Crippen LogP contribution in [0.15, 0.2) is 24.4 Å². The minimum Gasteiger partial charge on any atom is -0.480 e. The van der Waals surface area contributed by atoms with Gasteiger partial charge in [-0.2, -0.15) is 0 Å². The molecule has 1 aromatic carbocycles. The van der Waals surface area contributed by atoms with Crippen LogP contribution >= 0.6 is 0 Å². The zero-order valence-electron chi connectivity index (χ0n) is 18.0. The third-order valence-corrected chi connectivity index (χ3v) is 5.41. The first-order valence-electron chi connectivity index (χ1n) is 10.3. The van der Waals surface area contributed by atoms with Crippen molar-refractivity contribution < 1.29 is 24.5 Å². The number of rotatable bonds is 5. The van der Waals surface area contributed by atoms with Crippen molar-refractivity contribution in [2.24, 2.45) is 5.92 Å². The van der Waals surface area contributed by atoms with E-state index in [0.717, 1.165) is 12.8 Å². The molecule has 0 radical (unpaired) electrons. The molecule has 8 heteroatoms. The molecule has 30 heavy (non-hydrogen) atoms. The lowest BCUT2D eigenvalue weighted by molar-refractivity contribution is -0.0304. The molecule has 2 aromatic rings. The lowest BCUT2D eigenvalue weighted by Crippen LogP contribution is -2.42. The third-order valence-electron chi connectivity index (χ3n) is 5.41. The van der Waals surface area contributed by atoms with Crippen LogP contribution in [0.1, 0.15) is 58.1 Å². The summed E-state index contributed by atoms with van der Waals surface area (Å²) in [5.74, 6) is 0.274. The number of hydrogen-bond donors (Lipinski definition) is 3. The fourth-order valence-electron chi connectivity index (χ4n) is 3.90. The van der Waals surface area contributed by atoms with E-state index in [2.05, 4.69) is 15.3 Å². The van der Waals surface area contributed by atoms with E-state index in [1.165, 1.54) is 13.3 Å². The number of nitrogens with one attached hydrogen (secondary N) is 1. The van der Waals surface area contributed by atoms with Gasteiger partial charge in [0.25, 0.3) is 0 Å². The summed E-state index contributed by atoms with van der Waals surface area (Å²) in [4.78, 5) is 20.7. The molecule has 3 N–H and O–H groups in total. The van der Waals surface area contributed by atoms with E-state index in [9.17, 15) is 15.0 Å². The Bertz CT molecular complexity index is 875. The highest BCUT2D eigenvalue weighted by Gasteiger charge is 2.33. The van der Waals surface area contributed by atoms with Gasteiger partial charge in [0, 0.05) is 11.6 Å². The molecule has 3 rings (SSSR count). The van der Waals surface area contributed by atoms with Crippen LogP contribution in [0.25, 0.3) is 11.0 Å². The number of aromatic nitrogens is 2. The molecule has 8 nitrogen and oxygen atoms in total. The van der Waals surface area contributed by atoms with Gasteiger partial charge in [-0.05, 0) is 58.4 Å². The standard InChI is InChI=1S/C22H31N3O5/c1-22(2,3)30-21(28)24-14-10-8-13(9-11-14)19(26)20(27)15-6-5-7-16-18(15)25-17(29-4)12-23-16/h5-7,12-14,19-20,26-27H,8-11H2,1-4H3,(H,24,28)/t13?,14?,19-,20-/m0/s1. The highest BCUT2D eigenvalue weighted by atomic mass is 16.6. The molecule has 0 unspecified atom stereocenters. The molecule has 0 bridgehead atoms. The number of aliphatic hydroxyl groups excluding tert-OH is 2. The van der Waals surface area contributed by atoms with E-state index in [4.69, 9.17) is 9.47 Å². The van der Waals surface area contributed by atoms with Gasteiger partial charge in [-0.3, -0.25) is 0 Å². The van der Waals surface area contributed by atoms with Crippen LogP contribution in [0.4, 0.5) is 4.79 Å². The van der Waals surface area contributed by atoms with Crippen molar-refractivity contribution in [1.82, 2.24) is 15.3 Å². The molecule has 2 atom stereocenters. The Morgan fingerprint density at radius 3 is 2.53 bits per heavy atom. The summed E-state index contributed by atoms with van der Waals surface area (Å²) in [6.07, 6.45) is 1.90. The average molecular weight is 418 g/mol. The molecule has 1 aromatic heterocycles. The number of alkyl carbamates (subject to hydrolysis) is 1. The van der Waals surface area contributed by atoms with Crippen LogP contribution in [0.2, 0.25) is 0 Å². The summed E-state index contributed by atoms with van der Waals surface area (Å²) >= 11 is 0. The minimum atomic E-state index is -1.09. The van der Waals surface area contributed by atoms with Crippen LogP contribution in [0, 0.1) is 5.92 Å². The normalized spacial score (nSPS) is 21.7. The van der Waals surface area contributed by atoms with E-state index in [1.54, 1.807) is 18.2 Å². The zero-order chi connectivity index (χ0) is 21.9. The monoisotopic (exact) mass is 417 g/mol. The summed E-state index contributed by atoms with van der Waals surface area (Å²) in [6, 6.07) is 5.35. The predicted molar refractivity (Wildman–Crippen MR) is 112 cm³/mol. The molecule has 0 spiro atoms. The second kappa shape index (κ2) is 9.14. The van der Waals surface area contributed by atoms with E-state index in [-0.39, 0.29) is 12.0 Å². The topological polar surface area (TPSA) is 114 Å². The second-order valence-corrected chi connectivity index (χ2v) is 8.82.